The maximum absolute atomic E-state index is 4.53. The molecule has 0 unspecified atom stereocenters. The average molecular weight is 327 g/mol. The Morgan fingerprint density at radius 3 is 2.29 bits per heavy atom. The monoisotopic (exact) mass is 327 g/mol. The van der Waals surface area contributed by atoms with Crippen molar-refractivity contribution in [2.75, 3.05) is 10.6 Å². The molecule has 1 atom stereocenters. The third-order valence-corrected chi connectivity index (χ3v) is 4.08. The van der Waals surface area contributed by atoms with Gasteiger partial charge in [0.05, 0.1) is 0 Å². The number of benzene rings is 1. The van der Waals surface area contributed by atoms with Crippen LogP contribution in [0.2, 0.25) is 0 Å². The van der Waals surface area contributed by atoms with Gasteiger partial charge in [-0.3, -0.25) is 0 Å². The van der Waals surface area contributed by atoms with Crippen LogP contribution in [0, 0.1) is 20.8 Å². The number of unbranched alkanes of at least 4 members (excludes halogenated alkanes) is 2. The fourth-order valence-corrected chi connectivity index (χ4v) is 2.72. The maximum atomic E-state index is 4.53. The zero-order chi connectivity index (χ0) is 17.5. The van der Waals surface area contributed by atoms with Crippen LogP contribution in [0.4, 0.5) is 17.6 Å². The molecule has 1 heterocycles. The van der Waals surface area contributed by atoms with Gasteiger partial charge >= 0.3 is 0 Å². The normalized spacial score (nSPS) is 12.0. The molecule has 2 rings (SSSR count). The predicted octanol–water partition coefficient (Wildman–Crippen LogP) is 4.92. The van der Waals surface area contributed by atoms with Crippen LogP contribution in [0.1, 0.15) is 56.5 Å². The van der Waals surface area contributed by atoms with E-state index in [0.717, 1.165) is 12.1 Å². The van der Waals surface area contributed by atoms with Crippen LogP contribution >= 0.6 is 0 Å². The summed E-state index contributed by atoms with van der Waals surface area (Å²) in [7, 11) is 0. The van der Waals surface area contributed by atoms with Gasteiger partial charge in [0, 0.05) is 11.7 Å². The molecule has 0 bridgehead atoms. The Morgan fingerprint density at radius 2 is 1.62 bits per heavy atom. The standard InChI is InChI=1S/C19H29N5/c1-6-7-8-12-15(4)20-18-21-16(5)22-19(24-18)23-17-13(2)10-9-11-14(17)3/h9-11,15H,6-8,12H2,1-5H3,(H2,20,21,22,23,24)/t15-/m1/s1. The van der Waals surface area contributed by atoms with Gasteiger partial charge in [0.2, 0.25) is 11.9 Å². The summed E-state index contributed by atoms with van der Waals surface area (Å²) in [4.78, 5) is 13.4. The second kappa shape index (κ2) is 8.62. The van der Waals surface area contributed by atoms with Gasteiger partial charge in [0.1, 0.15) is 5.82 Å². The van der Waals surface area contributed by atoms with Gasteiger partial charge in [-0.05, 0) is 45.2 Å². The molecule has 0 aliphatic carbocycles. The SMILES string of the molecule is CCCCC[C@@H](C)Nc1nc(C)nc(Nc2c(C)cccc2C)n1. The Balaban J connectivity index is 2.11. The first-order chi connectivity index (χ1) is 11.5. The fourth-order valence-electron chi connectivity index (χ4n) is 2.72. The minimum absolute atomic E-state index is 0.353. The second-order valence-corrected chi connectivity index (χ2v) is 6.46. The molecule has 0 amide bonds. The molecule has 5 heteroatoms. The van der Waals surface area contributed by atoms with Gasteiger partial charge in [-0.1, -0.05) is 44.4 Å². The number of para-hydroxylation sites is 1. The van der Waals surface area contributed by atoms with Crippen LogP contribution in [-0.4, -0.2) is 21.0 Å². The van der Waals surface area contributed by atoms with Crippen molar-refractivity contribution < 1.29 is 0 Å². The zero-order valence-corrected chi connectivity index (χ0v) is 15.5. The van der Waals surface area contributed by atoms with E-state index in [-0.39, 0.29) is 0 Å². The molecular weight excluding hydrogens is 298 g/mol. The third-order valence-electron chi connectivity index (χ3n) is 4.08. The summed E-state index contributed by atoms with van der Waals surface area (Å²) in [5.41, 5.74) is 3.41. The van der Waals surface area contributed by atoms with Crippen molar-refractivity contribution in [3.63, 3.8) is 0 Å². The maximum Gasteiger partial charge on any atom is 0.232 e. The first kappa shape index (κ1) is 18.2. The smallest absolute Gasteiger partial charge is 0.232 e. The number of aromatic nitrogens is 3. The van der Waals surface area contributed by atoms with Crippen LogP contribution in [0.15, 0.2) is 18.2 Å². The second-order valence-electron chi connectivity index (χ2n) is 6.46. The minimum Gasteiger partial charge on any atom is -0.352 e. The summed E-state index contributed by atoms with van der Waals surface area (Å²) in [6, 6.07) is 6.57. The van der Waals surface area contributed by atoms with E-state index in [2.05, 4.69) is 71.5 Å². The van der Waals surface area contributed by atoms with Crippen LogP contribution in [-0.2, 0) is 0 Å². The molecule has 2 aromatic rings. The van der Waals surface area contributed by atoms with E-state index < -0.39 is 0 Å². The van der Waals surface area contributed by atoms with Gasteiger partial charge in [0.25, 0.3) is 0 Å². The van der Waals surface area contributed by atoms with E-state index in [1.54, 1.807) is 0 Å². The Morgan fingerprint density at radius 1 is 0.958 bits per heavy atom. The molecule has 0 aliphatic heterocycles. The summed E-state index contributed by atoms with van der Waals surface area (Å²) in [6.45, 7) is 10.5. The quantitative estimate of drug-likeness (QED) is 0.674. The molecule has 0 aliphatic rings. The van der Waals surface area contributed by atoms with Crippen molar-refractivity contribution in [1.29, 1.82) is 0 Å². The Kier molecular flexibility index (Phi) is 6.53. The largest absolute Gasteiger partial charge is 0.352 e. The first-order valence-electron chi connectivity index (χ1n) is 8.82. The van der Waals surface area contributed by atoms with E-state index >= 15 is 0 Å². The van der Waals surface area contributed by atoms with Crippen molar-refractivity contribution in [2.24, 2.45) is 0 Å². The van der Waals surface area contributed by atoms with Crippen LogP contribution < -0.4 is 10.6 Å². The van der Waals surface area contributed by atoms with Crippen LogP contribution in [0.5, 0.6) is 0 Å². The third kappa shape index (κ3) is 5.18. The molecule has 0 saturated heterocycles. The molecule has 2 N–H and O–H groups in total. The summed E-state index contributed by atoms with van der Waals surface area (Å²) in [6.07, 6.45) is 4.85. The Hall–Kier alpha value is -2.17. The van der Waals surface area contributed by atoms with E-state index in [1.807, 2.05) is 6.92 Å². The zero-order valence-electron chi connectivity index (χ0n) is 15.5. The van der Waals surface area contributed by atoms with Gasteiger partial charge in [0.15, 0.2) is 0 Å². The van der Waals surface area contributed by atoms with Gasteiger partial charge < -0.3 is 10.6 Å². The fraction of sp³-hybridized carbons (Fsp3) is 0.526. The van der Waals surface area contributed by atoms with Gasteiger partial charge in [-0.25, -0.2) is 0 Å². The van der Waals surface area contributed by atoms with Crippen molar-refractivity contribution in [3.05, 3.63) is 35.2 Å². The topological polar surface area (TPSA) is 62.7 Å². The number of nitrogens with zero attached hydrogens (tertiary/aromatic N) is 3. The number of hydrogen-bond donors (Lipinski definition) is 2. The number of nitrogens with one attached hydrogen (secondary N) is 2. The molecule has 0 fully saturated rings. The molecular formula is C19H29N5. The molecule has 24 heavy (non-hydrogen) atoms. The van der Waals surface area contributed by atoms with E-state index in [9.17, 15) is 0 Å². The molecule has 0 spiro atoms. The molecule has 1 aromatic heterocycles. The highest BCUT2D eigenvalue weighted by Crippen LogP contribution is 2.23. The summed E-state index contributed by atoms with van der Waals surface area (Å²) in [5, 5.41) is 6.74. The lowest BCUT2D eigenvalue weighted by molar-refractivity contribution is 0.611. The van der Waals surface area contributed by atoms with Gasteiger partial charge in [-0.15, -0.1) is 0 Å². The van der Waals surface area contributed by atoms with Crippen LogP contribution in [0.3, 0.4) is 0 Å². The summed E-state index contributed by atoms with van der Waals surface area (Å²) in [5.74, 6) is 1.94. The minimum atomic E-state index is 0.353. The van der Waals surface area contributed by atoms with Crippen molar-refractivity contribution in [1.82, 2.24) is 15.0 Å². The van der Waals surface area contributed by atoms with E-state index in [4.69, 9.17) is 0 Å². The van der Waals surface area contributed by atoms with Crippen molar-refractivity contribution >= 4 is 17.6 Å². The van der Waals surface area contributed by atoms with Crippen molar-refractivity contribution in [2.45, 2.75) is 66.3 Å². The number of anilines is 3. The molecule has 5 nitrogen and oxygen atoms in total. The first-order valence-corrected chi connectivity index (χ1v) is 8.82. The Bertz CT molecular complexity index is 649. The highest BCUT2D eigenvalue weighted by atomic mass is 15.2. The molecule has 0 radical (unpaired) electrons. The highest BCUT2D eigenvalue weighted by Gasteiger charge is 2.09. The molecule has 130 valence electrons. The van der Waals surface area contributed by atoms with E-state index in [0.29, 0.717) is 23.8 Å². The highest BCUT2D eigenvalue weighted by molar-refractivity contribution is 5.63. The predicted molar refractivity (Wildman–Crippen MR) is 101 cm³/mol. The number of rotatable bonds is 8. The molecule has 1 aromatic carbocycles. The lowest BCUT2D eigenvalue weighted by Gasteiger charge is -2.15. The summed E-state index contributed by atoms with van der Waals surface area (Å²) < 4.78 is 0. The lowest BCUT2D eigenvalue weighted by Crippen LogP contribution is -2.18. The van der Waals surface area contributed by atoms with E-state index in [1.165, 1.54) is 30.4 Å². The van der Waals surface area contributed by atoms with Crippen molar-refractivity contribution in [3.8, 4) is 0 Å². The lowest BCUT2D eigenvalue weighted by atomic mass is 10.1. The van der Waals surface area contributed by atoms with Gasteiger partial charge in [-0.2, -0.15) is 15.0 Å². The average Bonchev–Trinajstić information content (AvgIpc) is 2.51. The number of hydrogen-bond acceptors (Lipinski definition) is 5. The Labute approximate surface area is 145 Å². The molecule has 0 saturated carbocycles. The summed E-state index contributed by atoms with van der Waals surface area (Å²) >= 11 is 0. The van der Waals surface area contributed by atoms with Crippen LogP contribution in [0.25, 0.3) is 0 Å². The number of aryl methyl sites for hydroxylation is 3.